The second-order valence-corrected chi connectivity index (χ2v) is 11.0. The van der Waals surface area contributed by atoms with E-state index in [2.05, 4.69) is 15.7 Å². The third-order valence-corrected chi connectivity index (χ3v) is 8.12. The van der Waals surface area contributed by atoms with E-state index in [1.54, 1.807) is 17.1 Å². The molecular weight excluding hydrogens is 504 g/mol. The number of nitrogens with zero attached hydrogens (tertiary/aromatic N) is 4. The topological polar surface area (TPSA) is 101 Å². The van der Waals surface area contributed by atoms with E-state index in [0.717, 1.165) is 53.8 Å². The number of aromatic nitrogens is 3. The molecule has 6 rings (SSSR count). The van der Waals surface area contributed by atoms with Gasteiger partial charge in [0, 0.05) is 54.4 Å². The lowest BCUT2D eigenvalue weighted by atomic mass is 10.1. The lowest BCUT2D eigenvalue weighted by Crippen LogP contribution is -2.47. The Balaban J connectivity index is 1.21. The molecule has 4 aromatic rings. The summed E-state index contributed by atoms with van der Waals surface area (Å²) in [5.74, 6) is -0.0555. The van der Waals surface area contributed by atoms with Crippen molar-refractivity contribution in [3.8, 4) is 5.69 Å². The van der Waals surface area contributed by atoms with Crippen LogP contribution in [0, 0.1) is 13.8 Å². The van der Waals surface area contributed by atoms with Gasteiger partial charge in [-0.15, -0.1) is 0 Å². The molecule has 2 fully saturated rings. The van der Waals surface area contributed by atoms with E-state index < -0.39 is 0 Å². The molecule has 2 N–H and O–H groups in total. The Bertz CT molecular complexity index is 1620. The van der Waals surface area contributed by atoms with Crippen LogP contribution in [0.1, 0.15) is 58.2 Å². The smallest absolute Gasteiger partial charge is 0.257 e. The number of piperazine rings is 1. The normalized spacial score (nSPS) is 18.0. The first-order valence-corrected chi connectivity index (χ1v) is 13.9. The van der Waals surface area contributed by atoms with Gasteiger partial charge in [-0.05, 0) is 63.1 Å². The molecule has 2 aliphatic heterocycles. The average molecular weight is 539 g/mol. The first kappa shape index (κ1) is 26.0. The molecule has 2 aromatic heterocycles. The first-order valence-electron chi connectivity index (χ1n) is 13.9. The number of ketones is 1. The molecule has 4 heterocycles. The van der Waals surface area contributed by atoms with Crippen molar-refractivity contribution in [2.45, 2.75) is 58.7 Å². The van der Waals surface area contributed by atoms with Gasteiger partial charge in [0.2, 0.25) is 5.91 Å². The summed E-state index contributed by atoms with van der Waals surface area (Å²) in [5.41, 5.74) is 5.33. The van der Waals surface area contributed by atoms with Crippen LogP contribution in [0.15, 0.2) is 54.9 Å². The zero-order valence-electron chi connectivity index (χ0n) is 23.1. The number of nitrogens with one attached hydrogen (secondary N) is 2. The molecule has 9 nitrogen and oxygen atoms in total. The van der Waals surface area contributed by atoms with Crippen molar-refractivity contribution in [1.82, 2.24) is 24.6 Å². The van der Waals surface area contributed by atoms with Gasteiger partial charge < -0.3 is 20.1 Å². The van der Waals surface area contributed by atoms with Crippen molar-refractivity contribution in [2.75, 3.05) is 18.4 Å². The van der Waals surface area contributed by atoms with Crippen LogP contribution in [0.25, 0.3) is 16.6 Å². The van der Waals surface area contributed by atoms with Gasteiger partial charge in [0.1, 0.15) is 6.54 Å². The Labute approximate surface area is 233 Å². The molecule has 0 saturated carbocycles. The summed E-state index contributed by atoms with van der Waals surface area (Å²) >= 11 is 0. The summed E-state index contributed by atoms with van der Waals surface area (Å²) < 4.78 is 3.64. The summed E-state index contributed by atoms with van der Waals surface area (Å²) in [6.07, 6.45) is 5.72. The molecule has 2 amide bonds. The van der Waals surface area contributed by atoms with E-state index in [1.807, 2.05) is 72.7 Å². The number of anilines is 1. The van der Waals surface area contributed by atoms with Crippen LogP contribution >= 0.6 is 0 Å². The number of rotatable bonds is 8. The van der Waals surface area contributed by atoms with Gasteiger partial charge in [0.25, 0.3) is 5.91 Å². The Hall–Kier alpha value is -4.24. The number of Topliss-reactive ketones (excluding diaryl/α,β-unsaturated/α-hetero) is 1. The molecule has 2 saturated heterocycles. The minimum Gasteiger partial charge on any atom is -0.337 e. The predicted octanol–water partition coefficient (Wildman–Crippen LogP) is 4.25. The minimum absolute atomic E-state index is 0.0856. The molecule has 0 aliphatic carbocycles. The van der Waals surface area contributed by atoms with Gasteiger partial charge in [-0.25, -0.2) is 4.68 Å². The van der Waals surface area contributed by atoms with Gasteiger partial charge in [-0.2, -0.15) is 5.10 Å². The largest absolute Gasteiger partial charge is 0.337 e. The van der Waals surface area contributed by atoms with E-state index in [0.29, 0.717) is 29.3 Å². The molecule has 2 aliphatic rings. The van der Waals surface area contributed by atoms with Crippen LogP contribution in [0.5, 0.6) is 0 Å². The maximum absolute atomic E-state index is 13.5. The van der Waals surface area contributed by atoms with Gasteiger partial charge in [0.05, 0.1) is 28.7 Å². The van der Waals surface area contributed by atoms with Crippen molar-refractivity contribution in [2.24, 2.45) is 0 Å². The lowest BCUT2D eigenvalue weighted by Gasteiger charge is -2.27. The highest BCUT2D eigenvalue weighted by molar-refractivity contribution is 6.13. The molecule has 9 heteroatoms. The number of carbonyl (C=O) groups excluding carboxylic acids is 3. The standard InChI is InChI=1S/C31H34N6O3/c1-4-5-29(38)26-15-33-37(20(26)3)23-9-7-21(8-10-23)34-31(40)27-17-35(28-11-6-19(2)12-25(27)28)18-30(39)36-16-22-13-24(36)14-32-22/h6-12,15,17,22,24,32H,4-5,13-14,16,18H2,1-3H3,(H,34,40)/t22-,24-/m0/s1. The Kier molecular flexibility index (Phi) is 6.75. The highest BCUT2D eigenvalue weighted by atomic mass is 16.2. The van der Waals surface area contributed by atoms with E-state index in [1.165, 1.54) is 0 Å². The second-order valence-electron chi connectivity index (χ2n) is 11.0. The van der Waals surface area contributed by atoms with Crippen LogP contribution in [0.3, 0.4) is 0 Å². The summed E-state index contributed by atoms with van der Waals surface area (Å²) in [6.45, 7) is 7.68. The fraction of sp³-hybridized carbons (Fsp3) is 0.355. The predicted molar refractivity (Wildman–Crippen MR) is 154 cm³/mol. The third-order valence-electron chi connectivity index (χ3n) is 8.12. The molecule has 206 valence electrons. The number of aryl methyl sites for hydroxylation is 1. The number of benzene rings is 2. The van der Waals surface area contributed by atoms with E-state index in [-0.39, 0.29) is 30.2 Å². The van der Waals surface area contributed by atoms with Crippen LogP contribution < -0.4 is 10.6 Å². The van der Waals surface area contributed by atoms with Crippen molar-refractivity contribution < 1.29 is 14.4 Å². The van der Waals surface area contributed by atoms with Crippen LogP contribution in [0.2, 0.25) is 0 Å². The van der Waals surface area contributed by atoms with Crippen LogP contribution in [0.4, 0.5) is 5.69 Å². The van der Waals surface area contributed by atoms with Crippen molar-refractivity contribution >= 4 is 34.2 Å². The van der Waals surface area contributed by atoms with Gasteiger partial charge in [-0.1, -0.05) is 18.6 Å². The highest BCUT2D eigenvalue weighted by Crippen LogP contribution is 2.27. The monoisotopic (exact) mass is 538 g/mol. The summed E-state index contributed by atoms with van der Waals surface area (Å²) in [5, 5.41) is 11.7. The number of carbonyl (C=O) groups is 3. The fourth-order valence-electron chi connectivity index (χ4n) is 6.02. The van der Waals surface area contributed by atoms with Gasteiger partial charge in [0.15, 0.2) is 5.78 Å². The fourth-order valence-corrected chi connectivity index (χ4v) is 6.02. The van der Waals surface area contributed by atoms with Gasteiger partial charge in [-0.3, -0.25) is 14.4 Å². The zero-order chi connectivity index (χ0) is 28.0. The highest BCUT2D eigenvalue weighted by Gasteiger charge is 2.40. The number of amides is 2. The molecule has 40 heavy (non-hydrogen) atoms. The second kappa shape index (κ2) is 10.4. The third kappa shape index (κ3) is 4.70. The molecule has 2 aromatic carbocycles. The average Bonchev–Trinajstić information content (AvgIpc) is 3.73. The molecule has 2 bridgehead atoms. The molecule has 0 radical (unpaired) electrons. The maximum Gasteiger partial charge on any atom is 0.257 e. The molecule has 2 atom stereocenters. The van der Waals surface area contributed by atoms with Crippen LogP contribution in [-0.4, -0.2) is 62.0 Å². The molecule has 0 spiro atoms. The Morgan fingerprint density at radius 1 is 1.07 bits per heavy atom. The summed E-state index contributed by atoms with van der Waals surface area (Å²) in [6, 6.07) is 14.0. The van der Waals surface area contributed by atoms with Gasteiger partial charge >= 0.3 is 0 Å². The van der Waals surface area contributed by atoms with Crippen molar-refractivity contribution in [3.05, 3.63) is 77.2 Å². The van der Waals surface area contributed by atoms with E-state index in [4.69, 9.17) is 0 Å². The van der Waals surface area contributed by atoms with E-state index in [9.17, 15) is 14.4 Å². The number of hydrogen-bond acceptors (Lipinski definition) is 5. The lowest BCUT2D eigenvalue weighted by molar-refractivity contribution is -0.133. The summed E-state index contributed by atoms with van der Waals surface area (Å²) in [4.78, 5) is 41.0. The first-order chi connectivity index (χ1) is 19.3. The summed E-state index contributed by atoms with van der Waals surface area (Å²) in [7, 11) is 0. The Morgan fingerprint density at radius 2 is 1.88 bits per heavy atom. The number of hydrogen-bond donors (Lipinski definition) is 2. The maximum atomic E-state index is 13.5. The molecular formula is C31H34N6O3. The number of fused-ring (bicyclic) bond motifs is 3. The van der Waals surface area contributed by atoms with Crippen LogP contribution in [-0.2, 0) is 11.3 Å². The van der Waals surface area contributed by atoms with Crippen molar-refractivity contribution in [1.29, 1.82) is 0 Å². The minimum atomic E-state index is -0.235. The SMILES string of the molecule is CCCC(=O)c1cnn(-c2ccc(NC(=O)c3cn(CC(=O)N4C[C@@H]5C[C@H]4CN5)c4ccc(C)cc34)cc2)c1C. The Morgan fingerprint density at radius 3 is 2.58 bits per heavy atom. The van der Waals surface area contributed by atoms with E-state index >= 15 is 0 Å². The quantitative estimate of drug-likeness (QED) is 0.327. The van der Waals surface area contributed by atoms with Crippen molar-refractivity contribution in [3.63, 3.8) is 0 Å². The molecule has 0 unspecified atom stereocenters. The number of likely N-dealkylation sites (tertiary alicyclic amines) is 1. The zero-order valence-corrected chi connectivity index (χ0v) is 23.1.